The van der Waals surface area contributed by atoms with Crippen LogP contribution in [0.5, 0.6) is 0 Å². The summed E-state index contributed by atoms with van der Waals surface area (Å²) < 4.78 is 0. The Morgan fingerprint density at radius 3 is 3.00 bits per heavy atom. The van der Waals surface area contributed by atoms with Crippen molar-refractivity contribution in [2.45, 2.75) is 31.8 Å². The zero-order valence-electron chi connectivity index (χ0n) is 9.48. The number of rotatable bonds is 5. The number of aliphatic carboxylic acids is 1. The van der Waals surface area contributed by atoms with Crippen molar-refractivity contribution >= 4 is 11.9 Å². The molecule has 0 aliphatic carbocycles. The summed E-state index contributed by atoms with van der Waals surface area (Å²) in [4.78, 5) is 24.2. The monoisotopic (exact) mass is 226 g/mol. The van der Waals surface area contributed by atoms with E-state index in [1.807, 2.05) is 11.8 Å². The van der Waals surface area contributed by atoms with E-state index in [0.717, 1.165) is 0 Å². The maximum atomic E-state index is 11.7. The number of hydrogen-bond donors (Lipinski definition) is 2. The van der Waals surface area contributed by atoms with Gasteiger partial charge in [-0.3, -0.25) is 14.5 Å². The lowest BCUT2D eigenvalue weighted by molar-refractivity contribution is -0.138. The quantitative estimate of drug-likeness (QED) is 0.658. The van der Waals surface area contributed by atoms with Gasteiger partial charge in [0, 0.05) is 25.6 Å². The van der Waals surface area contributed by atoms with E-state index in [9.17, 15) is 9.59 Å². The first-order chi connectivity index (χ1) is 7.56. The zero-order valence-corrected chi connectivity index (χ0v) is 9.48. The minimum absolute atomic E-state index is 0.0124. The third kappa shape index (κ3) is 3.06. The third-order valence-electron chi connectivity index (χ3n) is 2.81. The number of hydrogen-bond acceptors (Lipinski definition) is 3. The lowest BCUT2D eigenvalue weighted by Crippen LogP contribution is -2.59. The summed E-state index contributed by atoms with van der Waals surface area (Å²) in [7, 11) is 0. The molecular formula is C11H18N2O3. The van der Waals surface area contributed by atoms with Crippen molar-refractivity contribution in [3.8, 4) is 0 Å². The SMILES string of the molecule is C=CCN1C(C)CNC(=O)C1CCC(=O)O. The number of carbonyl (C=O) groups excluding carboxylic acids is 1. The molecule has 1 rings (SSSR count). The molecule has 5 heteroatoms. The second-order valence-corrected chi connectivity index (χ2v) is 4.03. The third-order valence-corrected chi connectivity index (χ3v) is 2.81. The predicted molar refractivity (Wildman–Crippen MR) is 60.0 cm³/mol. The van der Waals surface area contributed by atoms with Gasteiger partial charge in [-0.15, -0.1) is 6.58 Å². The van der Waals surface area contributed by atoms with Crippen LogP contribution >= 0.6 is 0 Å². The minimum Gasteiger partial charge on any atom is -0.481 e. The van der Waals surface area contributed by atoms with Crippen LogP contribution in [0.3, 0.4) is 0 Å². The molecule has 0 bridgehead atoms. The highest BCUT2D eigenvalue weighted by Gasteiger charge is 2.33. The van der Waals surface area contributed by atoms with Crippen LogP contribution in [0.25, 0.3) is 0 Å². The van der Waals surface area contributed by atoms with Gasteiger partial charge in [-0.05, 0) is 13.3 Å². The molecule has 16 heavy (non-hydrogen) atoms. The summed E-state index contributed by atoms with van der Waals surface area (Å²) >= 11 is 0. The molecule has 1 heterocycles. The number of carboxylic acids is 1. The molecule has 0 aromatic carbocycles. The van der Waals surface area contributed by atoms with Crippen LogP contribution in [-0.2, 0) is 9.59 Å². The Morgan fingerprint density at radius 1 is 1.75 bits per heavy atom. The normalized spacial score (nSPS) is 26.2. The number of nitrogens with zero attached hydrogens (tertiary/aromatic N) is 1. The number of carboxylic acid groups (broad SMARTS) is 1. The van der Waals surface area contributed by atoms with Gasteiger partial charge < -0.3 is 10.4 Å². The van der Waals surface area contributed by atoms with E-state index >= 15 is 0 Å². The molecule has 1 aliphatic rings. The van der Waals surface area contributed by atoms with Crippen LogP contribution in [-0.4, -0.2) is 47.1 Å². The Hall–Kier alpha value is -1.36. The summed E-state index contributed by atoms with van der Waals surface area (Å²) in [5.41, 5.74) is 0. The number of piperazine rings is 1. The van der Waals surface area contributed by atoms with Crippen LogP contribution in [0, 0.1) is 0 Å². The molecule has 0 radical (unpaired) electrons. The summed E-state index contributed by atoms with van der Waals surface area (Å²) in [6, 6.07) is -0.132. The molecule has 2 atom stereocenters. The van der Waals surface area contributed by atoms with Gasteiger partial charge >= 0.3 is 5.97 Å². The smallest absolute Gasteiger partial charge is 0.303 e. The average Bonchev–Trinajstić information content (AvgIpc) is 2.22. The van der Waals surface area contributed by atoms with E-state index in [1.165, 1.54) is 0 Å². The number of nitrogens with one attached hydrogen (secondary N) is 1. The maximum Gasteiger partial charge on any atom is 0.303 e. The molecule has 2 unspecified atom stereocenters. The van der Waals surface area contributed by atoms with E-state index in [4.69, 9.17) is 5.11 Å². The van der Waals surface area contributed by atoms with Gasteiger partial charge in [0.1, 0.15) is 0 Å². The molecule has 90 valence electrons. The molecule has 0 aromatic rings. The Bertz CT molecular complexity index is 291. The Kier molecular flexibility index (Phi) is 4.49. The van der Waals surface area contributed by atoms with E-state index in [0.29, 0.717) is 19.5 Å². The van der Waals surface area contributed by atoms with Gasteiger partial charge in [0.15, 0.2) is 0 Å². The fourth-order valence-electron chi connectivity index (χ4n) is 1.95. The lowest BCUT2D eigenvalue weighted by Gasteiger charge is -2.39. The highest BCUT2D eigenvalue weighted by atomic mass is 16.4. The first kappa shape index (κ1) is 12.7. The van der Waals surface area contributed by atoms with E-state index in [2.05, 4.69) is 11.9 Å². The number of carbonyl (C=O) groups is 2. The van der Waals surface area contributed by atoms with Crippen molar-refractivity contribution in [2.75, 3.05) is 13.1 Å². The molecule has 0 spiro atoms. The molecular weight excluding hydrogens is 208 g/mol. The van der Waals surface area contributed by atoms with E-state index in [1.54, 1.807) is 6.08 Å². The van der Waals surface area contributed by atoms with Gasteiger partial charge in [-0.25, -0.2) is 0 Å². The van der Waals surface area contributed by atoms with E-state index in [-0.39, 0.29) is 24.4 Å². The molecule has 1 fully saturated rings. The fourth-order valence-corrected chi connectivity index (χ4v) is 1.95. The van der Waals surface area contributed by atoms with E-state index < -0.39 is 5.97 Å². The topological polar surface area (TPSA) is 69.6 Å². The van der Waals surface area contributed by atoms with Crippen molar-refractivity contribution < 1.29 is 14.7 Å². The van der Waals surface area contributed by atoms with Crippen molar-refractivity contribution in [2.24, 2.45) is 0 Å². The average molecular weight is 226 g/mol. The largest absolute Gasteiger partial charge is 0.481 e. The summed E-state index contributed by atoms with van der Waals surface area (Å²) in [5, 5.41) is 11.4. The molecule has 0 aromatic heterocycles. The van der Waals surface area contributed by atoms with Gasteiger partial charge in [0.2, 0.25) is 5.91 Å². The van der Waals surface area contributed by atoms with Gasteiger partial charge in [-0.2, -0.15) is 0 Å². The first-order valence-electron chi connectivity index (χ1n) is 5.42. The minimum atomic E-state index is -0.871. The van der Waals surface area contributed by atoms with Crippen molar-refractivity contribution in [3.63, 3.8) is 0 Å². The highest BCUT2D eigenvalue weighted by molar-refractivity contribution is 5.83. The molecule has 1 saturated heterocycles. The van der Waals surface area contributed by atoms with Crippen LogP contribution in [0.4, 0.5) is 0 Å². The predicted octanol–water partition coefficient (Wildman–Crippen LogP) is 0.226. The standard InChI is InChI=1S/C11H18N2O3/c1-3-6-13-8(2)7-12-11(16)9(13)4-5-10(14)15/h3,8-9H,1,4-7H2,2H3,(H,12,16)(H,14,15). The molecule has 2 N–H and O–H groups in total. The van der Waals surface area contributed by atoms with Crippen LogP contribution < -0.4 is 5.32 Å². The molecule has 1 aliphatic heterocycles. The number of amides is 1. The van der Waals surface area contributed by atoms with Crippen molar-refractivity contribution in [1.82, 2.24) is 10.2 Å². The fraction of sp³-hybridized carbons (Fsp3) is 0.636. The Balaban J connectivity index is 2.67. The van der Waals surface area contributed by atoms with Crippen molar-refractivity contribution in [1.29, 1.82) is 0 Å². The first-order valence-corrected chi connectivity index (χ1v) is 5.42. The Labute approximate surface area is 95.1 Å². The van der Waals surface area contributed by atoms with Crippen molar-refractivity contribution in [3.05, 3.63) is 12.7 Å². The van der Waals surface area contributed by atoms with Crippen LogP contribution in [0.15, 0.2) is 12.7 Å². The lowest BCUT2D eigenvalue weighted by atomic mass is 10.0. The second kappa shape index (κ2) is 5.65. The van der Waals surface area contributed by atoms with Gasteiger partial charge in [-0.1, -0.05) is 6.08 Å². The second-order valence-electron chi connectivity index (χ2n) is 4.03. The zero-order chi connectivity index (χ0) is 12.1. The van der Waals surface area contributed by atoms with Gasteiger partial charge in [0.25, 0.3) is 0 Å². The Morgan fingerprint density at radius 2 is 2.44 bits per heavy atom. The summed E-state index contributed by atoms with van der Waals surface area (Å²) in [6.07, 6.45) is 2.10. The molecule has 5 nitrogen and oxygen atoms in total. The molecule has 0 saturated carbocycles. The highest BCUT2D eigenvalue weighted by Crippen LogP contribution is 2.15. The molecule has 1 amide bonds. The summed E-state index contributed by atoms with van der Waals surface area (Å²) in [6.45, 7) is 6.88. The van der Waals surface area contributed by atoms with Crippen LogP contribution in [0.1, 0.15) is 19.8 Å². The van der Waals surface area contributed by atoms with Crippen LogP contribution in [0.2, 0.25) is 0 Å². The summed E-state index contributed by atoms with van der Waals surface area (Å²) in [5.74, 6) is -0.953. The van der Waals surface area contributed by atoms with Gasteiger partial charge in [0.05, 0.1) is 6.04 Å². The maximum absolute atomic E-state index is 11.7.